The minimum atomic E-state index is -4.06. The molecule has 2 aliphatic rings. The Bertz CT molecular complexity index is 735. The highest BCUT2D eigenvalue weighted by molar-refractivity contribution is 7.89. The molecule has 1 atom stereocenters. The maximum absolute atomic E-state index is 13.4. The molecule has 3 rings (SSSR count). The van der Waals surface area contributed by atoms with E-state index in [1.807, 2.05) is 0 Å². The molecule has 0 N–H and O–H groups in total. The van der Waals surface area contributed by atoms with E-state index < -0.39 is 27.7 Å². The van der Waals surface area contributed by atoms with Crippen LogP contribution in [-0.2, 0) is 19.6 Å². The molecule has 2 aliphatic heterocycles. The summed E-state index contributed by atoms with van der Waals surface area (Å²) in [5.74, 6) is -2.61. The highest BCUT2D eigenvalue weighted by Gasteiger charge is 2.41. The van der Waals surface area contributed by atoms with Crippen LogP contribution in [0.1, 0.15) is 12.8 Å². The first-order valence-electron chi connectivity index (χ1n) is 7.74. The van der Waals surface area contributed by atoms with Crippen molar-refractivity contribution in [1.82, 2.24) is 9.21 Å². The van der Waals surface area contributed by atoms with E-state index in [0.29, 0.717) is 45.2 Å². The van der Waals surface area contributed by atoms with Gasteiger partial charge in [0.2, 0.25) is 15.9 Å². The van der Waals surface area contributed by atoms with Crippen LogP contribution in [0.15, 0.2) is 23.1 Å². The third-order valence-corrected chi connectivity index (χ3v) is 6.21. The number of halogens is 2. The number of carbonyl (C=O) groups excluding carboxylic acids is 1. The van der Waals surface area contributed by atoms with Crippen LogP contribution in [0.5, 0.6) is 0 Å². The van der Waals surface area contributed by atoms with E-state index in [-0.39, 0.29) is 17.3 Å². The SMILES string of the molecule is O=C(C1CCCN1S(=O)(=O)c1ccc(F)c(F)c1)N1CCOCC1. The quantitative estimate of drug-likeness (QED) is 0.806. The molecule has 1 unspecified atom stereocenters. The summed E-state index contributed by atoms with van der Waals surface area (Å²) >= 11 is 0. The number of hydrogen-bond acceptors (Lipinski definition) is 4. The Morgan fingerprint density at radius 3 is 2.50 bits per heavy atom. The molecule has 132 valence electrons. The van der Waals surface area contributed by atoms with Gasteiger partial charge in [0.05, 0.1) is 18.1 Å². The molecule has 0 aromatic heterocycles. The van der Waals surface area contributed by atoms with Gasteiger partial charge in [0, 0.05) is 19.6 Å². The summed E-state index contributed by atoms with van der Waals surface area (Å²) in [6, 6.07) is 1.64. The van der Waals surface area contributed by atoms with Crippen LogP contribution in [0.3, 0.4) is 0 Å². The monoisotopic (exact) mass is 360 g/mol. The number of ether oxygens (including phenoxy) is 1. The highest BCUT2D eigenvalue weighted by atomic mass is 32.2. The Balaban J connectivity index is 1.85. The van der Waals surface area contributed by atoms with Crippen LogP contribution < -0.4 is 0 Å². The number of hydrogen-bond donors (Lipinski definition) is 0. The van der Waals surface area contributed by atoms with Gasteiger partial charge in [-0.15, -0.1) is 0 Å². The molecule has 2 heterocycles. The second-order valence-corrected chi connectivity index (χ2v) is 7.68. The highest BCUT2D eigenvalue weighted by Crippen LogP contribution is 2.28. The summed E-state index contributed by atoms with van der Waals surface area (Å²) in [5.41, 5.74) is 0. The van der Waals surface area contributed by atoms with Crippen molar-refractivity contribution in [2.75, 3.05) is 32.8 Å². The molecule has 0 aliphatic carbocycles. The molecule has 1 aromatic carbocycles. The summed E-state index contributed by atoms with van der Waals surface area (Å²) in [6.45, 7) is 1.88. The Kier molecular flexibility index (Phi) is 4.84. The summed E-state index contributed by atoms with van der Waals surface area (Å²) in [5, 5.41) is 0. The van der Waals surface area contributed by atoms with Crippen LogP contribution >= 0.6 is 0 Å². The van der Waals surface area contributed by atoms with Crippen molar-refractivity contribution in [1.29, 1.82) is 0 Å². The third kappa shape index (κ3) is 3.15. The van der Waals surface area contributed by atoms with Crippen LogP contribution in [-0.4, -0.2) is 62.4 Å². The van der Waals surface area contributed by atoms with Crippen molar-refractivity contribution >= 4 is 15.9 Å². The summed E-state index contributed by atoms with van der Waals surface area (Å²) in [6.07, 6.45) is 0.961. The smallest absolute Gasteiger partial charge is 0.243 e. The molecule has 2 saturated heterocycles. The number of carbonyl (C=O) groups is 1. The van der Waals surface area contributed by atoms with E-state index >= 15 is 0 Å². The zero-order valence-electron chi connectivity index (χ0n) is 13.0. The van der Waals surface area contributed by atoms with Crippen molar-refractivity contribution in [3.05, 3.63) is 29.8 Å². The maximum Gasteiger partial charge on any atom is 0.243 e. The fourth-order valence-electron chi connectivity index (χ4n) is 3.04. The van der Waals surface area contributed by atoms with Crippen molar-refractivity contribution < 1.29 is 26.7 Å². The van der Waals surface area contributed by atoms with Gasteiger partial charge in [-0.2, -0.15) is 4.31 Å². The topological polar surface area (TPSA) is 66.9 Å². The average molecular weight is 360 g/mol. The lowest BCUT2D eigenvalue weighted by Gasteiger charge is -2.32. The Hall–Kier alpha value is -1.58. The second-order valence-electron chi connectivity index (χ2n) is 5.79. The molecule has 0 spiro atoms. The van der Waals surface area contributed by atoms with Gasteiger partial charge in [0.25, 0.3) is 0 Å². The largest absolute Gasteiger partial charge is 0.378 e. The van der Waals surface area contributed by atoms with Gasteiger partial charge in [-0.3, -0.25) is 4.79 Å². The molecular weight excluding hydrogens is 342 g/mol. The molecular formula is C15H18F2N2O4S. The maximum atomic E-state index is 13.4. The molecule has 0 bridgehead atoms. The summed E-state index contributed by atoms with van der Waals surface area (Å²) in [7, 11) is -4.06. The Morgan fingerprint density at radius 1 is 1.12 bits per heavy atom. The standard InChI is InChI=1S/C15H18F2N2O4S/c16-12-4-3-11(10-13(12)17)24(21,22)19-5-1-2-14(19)15(20)18-6-8-23-9-7-18/h3-4,10,14H,1-2,5-9H2. The first kappa shape index (κ1) is 17.2. The zero-order valence-corrected chi connectivity index (χ0v) is 13.8. The van der Waals surface area contributed by atoms with Crippen LogP contribution in [0, 0.1) is 11.6 Å². The van der Waals surface area contributed by atoms with E-state index in [9.17, 15) is 22.0 Å². The van der Waals surface area contributed by atoms with Gasteiger partial charge in [-0.25, -0.2) is 17.2 Å². The molecule has 6 nitrogen and oxygen atoms in total. The van der Waals surface area contributed by atoms with E-state index in [1.54, 1.807) is 4.90 Å². The van der Waals surface area contributed by atoms with Crippen molar-refractivity contribution in [3.8, 4) is 0 Å². The van der Waals surface area contributed by atoms with E-state index in [0.717, 1.165) is 16.4 Å². The fraction of sp³-hybridized carbons (Fsp3) is 0.533. The Labute approximate surface area is 139 Å². The first-order valence-corrected chi connectivity index (χ1v) is 9.18. The van der Waals surface area contributed by atoms with E-state index in [1.165, 1.54) is 0 Å². The minimum Gasteiger partial charge on any atom is -0.378 e. The summed E-state index contributed by atoms with van der Waals surface area (Å²) in [4.78, 5) is 13.9. The number of sulfonamides is 1. The number of nitrogens with zero attached hydrogens (tertiary/aromatic N) is 2. The normalized spacial score (nSPS) is 22.8. The van der Waals surface area contributed by atoms with Crippen LogP contribution in [0.4, 0.5) is 8.78 Å². The van der Waals surface area contributed by atoms with Gasteiger partial charge in [0.1, 0.15) is 6.04 Å². The lowest BCUT2D eigenvalue weighted by atomic mass is 10.2. The van der Waals surface area contributed by atoms with Gasteiger partial charge in [-0.1, -0.05) is 0 Å². The minimum absolute atomic E-state index is 0.183. The number of rotatable bonds is 3. The number of amides is 1. The van der Waals surface area contributed by atoms with Crippen molar-refractivity contribution in [2.24, 2.45) is 0 Å². The molecule has 1 aromatic rings. The lowest BCUT2D eigenvalue weighted by molar-refractivity contribution is -0.138. The fourth-order valence-corrected chi connectivity index (χ4v) is 4.71. The second kappa shape index (κ2) is 6.73. The molecule has 1 amide bonds. The molecule has 2 fully saturated rings. The van der Waals surface area contributed by atoms with Gasteiger partial charge < -0.3 is 9.64 Å². The number of morpholine rings is 1. The predicted octanol–water partition coefficient (Wildman–Crippen LogP) is 0.977. The third-order valence-electron chi connectivity index (χ3n) is 4.31. The molecule has 0 saturated carbocycles. The van der Waals surface area contributed by atoms with Crippen molar-refractivity contribution in [2.45, 2.75) is 23.8 Å². The molecule has 0 radical (unpaired) electrons. The molecule has 9 heteroatoms. The predicted molar refractivity (Wildman–Crippen MR) is 80.7 cm³/mol. The van der Waals surface area contributed by atoms with Gasteiger partial charge >= 0.3 is 0 Å². The Morgan fingerprint density at radius 2 is 1.83 bits per heavy atom. The van der Waals surface area contributed by atoms with Crippen LogP contribution in [0.2, 0.25) is 0 Å². The first-order chi connectivity index (χ1) is 11.4. The average Bonchev–Trinajstić information content (AvgIpc) is 3.08. The van der Waals surface area contributed by atoms with E-state index in [4.69, 9.17) is 4.74 Å². The van der Waals surface area contributed by atoms with Gasteiger partial charge in [-0.05, 0) is 31.0 Å². The lowest BCUT2D eigenvalue weighted by Crippen LogP contribution is -2.50. The van der Waals surface area contributed by atoms with E-state index in [2.05, 4.69) is 0 Å². The van der Waals surface area contributed by atoms with Crippen LogP contribution in [0.25, 0.3) is 0 Å². The molecule has 24 heavy (non-hydrogen) atoms. The van der Waals surface area contributed by atoms with Crippen molar-refractivity contribution in [3.63, 3.8) is 0 Å². The number of benzene rings is 1. The summed E-state index contributed by atoms with van der Waals surface area (Å²) < 4.78 is 58.2. The van der Waals surface area contributed by atoms with Gasteiger partial charge in [0.15, 0.2) is 11.6 Å². The zero-order chi connectivity index (χ0) is 17.3.